The lowest BCUT2D eigenvalue weighted by atomic mass is 10.1. The van der Waals surface area contributed by atoms with Gasteiger partial charge in [0.15, 0.2) is 5.78 Å². The number of ether oxygens (including phenoxy) is 1. The van der Waals surface area contributed by atoms with Gasteiger partial charge >= 0.3 is 5.97 Å². The molecule has 0 aliphatic heterocycles. The Morgan fingerprint density at radius 3 is 2.23 bits per heavy atom. The third kappa shape index (κ3) is 4.14. The van der Waals surface area contributed by atoms with Crippen LogP contribution in [0.25, 0.3) is 6.08 Å². The van der Waals surface area contributed by atoms with Crippen LogP contribution in [0.3, 0.4) is 0 Å². The fourth-order valence-corrected chi connectivity index (χ4v) is 2.53. The predicted octanol–water partition coefficient (Wildman–Crippen LogP) is 5.11. The zero-order chi connectivity index (χ0) is 18.4. The van der Waals surface area contributed by atoms with Gasteiger partial charge in [0.2, 0.25) is 0 Å². The van der Waals surface area contributed by atoms with E-state index in [2.05, 4.69) is 0 Å². The second-order valence-electron chi connectivity index (χ2n) is 5.81. The molecule has 0 bridgehead atoms. The van der Waals surface area contributed by atoms with Crippen LogP contribution in [0.15, 0.2) is 84.9 Å². The third-order valence-corrected chi connectivity index (χ3v) is 3.96. The fourth-order valence-electron chi connectivity index (χ4n) is 2.53. The molecule has 0 radical (unpaired) electrons. The molecule has 0 N–H and O–H groups in total. The van der Waals surface area contributed by atoms with Crippen molar-refractivity contribution in [3.05, 3.63) is 107 Å². The van der Waals surface area contributed by atoms with Crippen LogP contribution in [0.5, 0.6) is 5.75 Å². The monoisotopic (exact) mass is 342 g/mol. The Bertz CT molecular complexity index is 956. The Labute approximate surface area is 152 Å². The number of esters is 1. The number of para-hydroxylation sites is 1. The van der Waals surface area contributed by atoms with Crippen LogP contribution in [0.4, 0.5) is 0 Å². The molecule has 3 aromatic rings. The van der Waals surface area contributed by atoms with Gasteiger partial charge in [0.1, 0.15) is 5.75 Å². The lowest BCUT2D eigenvalue weighted by Gasteiger charge is -2.09. The normalized spacial score (nSPS) is 10.7. The van der Waals surface area contributed by atoms with Crippen LogP contribution in [-0.4, -0.2) is 11.8 Å². The number of carbonyl (C=O) groups is 2. The van der Waals surface area contributed by atoms with Gasteiger partial charge in [0.25, 0.3) is 0 Å². The number of aryl methyl sites for hydroxylation is 1. The fraction of sp³-hybridized carbons (Fsp3) is 0.0435. The topological polar surface area (TPSA) is 43.4 Å². The van der Waals surface area contributed by atoms with Crippen molar-refractivity contribution in [1.29, 1.82) is 0 Å². The summed E-state index contributed by atoms with van der Waals surface area (Å²) in [5, 5.41) is 0. The lowest BCUT2D eigenvalue weighted by molar-refractivity contribution is 0.0733. The third-order valence-electron chi connectivity index (χ3n) is 3.96. The van der Waals surface area contributed by atoms with Crippen molar-refractivity contribution in [1.82, 2.24) is 0 Å². The average molecular weight is 342 g/mol. The zero-order valence-corrected chi connectivity index (χ0v) is 14.4. The van der Waals surface area contributed by atoms with Crippen molar-refractivity contribution < 1.29 is 14.3 Å². The highest BCUT2D eigenvalue weighted by Crippen LogP contribution is 2.22. The first kappa shape index (κ1) is 17.4. The van der Waals surface area contributed by atoms with Crippen molar-refractivity contribution in [2.24, 2.45) is 0 Å². The largest absolute Gasteiger partial charge is 0.422 e. The molecule has 0 saturated heterocycles. The van der Waals surface area contributed by atoms with Crippen LogP contribution in [0.1, 0.15) is 31.8 Å². The molecule has 0 saturated carbocycles. The van der Waals surface area contributed by atoms with Gasteiger partial charge in [-0.2, -0.15) is 0 Å². The maximum atomic E-state index is 12.4. The summed E-state index contributed by atoms with van der Waals surface area (Å²) >= 11 is 0. The molecule has 0 amide bonds. The number of carbonyl (C=O) groups excluding carboxylic acids is 2. The number of ketones is 1. The summed E-state index contributed by atoms with van der Waals surface area (Å²) in [4.78, 5) is 24.7. The highest BCUT2D eigenvalue weighted by atomic mass is 16.5. The number of hydrogen-bond acceptors (Lipinski definition) is 3. The minimum Gasteiger partial charge on any atom is -0.422 e. The van der Waals surface area contributed by atoms with E-state index in [9.17, 15) is 9.59 Å². The van der Waals surface area contributed by atoms with Crippen LogP contribution in [-0.2, 0) is 0 Å². The number of rotatable bonds is 5. The molecule has 0 aromatic heterocycles. The minimum absolute atomic E-state index is 0.106. The molecular formula is C23H18O3. The van der Waals surface area contributed by atoms with Gasteiger partial charge in [-0.15, -0.1) is 0 Å². The van der Waals surface area contributed by atoms with E-state index in [1.807, 2.05) is 43.3 Å². The molecule has 0 aliphatic rings. The highest BCUT2D eigenvalue weighted by Gasteiger charge is 2.12. The lowest BCUT2D eigenvalue weighted by Crippen LogP contribution is -2.10. The first-order valence-electron chi connectivity index (χ1n) is 8.29. The molecule has 0 fully saturated rings. The Morgan fingerprint density at radius 2 is 1.46 bits per heavy atom. The molecule has 3 nitrogen and oxygen atoms in total. The Hall–Kier alpha value is -3.46. The zero-order valence-electron chi connectivity index (χ0n) is 14.4. The van der Waals surface area contributed by atoms with E-state index in [1.165, 1.54) is 6.08 Å². The molecule has 128 valence electrons. The summed E-state index contributed by atoms with van der Waals surface area (Å²) in [6.45, 7) is 1.86. The van der Waals surface area contributed by atoms with Gasteiger partial charge in [-0.3, -0.25) is 4.79 Å². The molecule has 3 rings (SSSR count). The molecule has 26 heavy (non-hydrogen) atoms. The molecular weight excluding hydrogens is 324 g/mol. The summed E-state index contributed by atoms with van der Waals surface area (Å²) in [7, 11) is 0. The molecule has 0 aliphatic carbocycles. The Morgan fingerprint density at radius 1 is 0.808 bits per heavy atom. The van der Waals surface area contributed by atoms with Crippen molar-refractivity contribution in [2.45, 2.75) is 6.92 Å². The van der Waals surface area contributed by atoms with E-state index < -0.39 is 5.97 Å². The molecule has 3 heteroatoms. The second kappa shape index (κ2) is 8.08. The van der Waals surface area contributed by atoms with Crippen molar-refractivity contribution in [3.63, 3.8) is 0 Å². The van der Waals surface area contributed by atoms with Crippen LogP contribution in [0.2, 0.25) is 0 Å². The van der Waals surface area contributed by atoms with Gasteiger partial charge in [0, 0.05) is 11.1 Å². The number of hydrogen-bond donors (Lipinski definition) is 0. The van der Waals surface area contributed by atoms with Crippen molar-refractivity contribution in [3.8, 4) is 5.75 Å². The maximum Gasteiger partial charge on any atom is 0.343 e. The van der Waals surface area contributed by atoms with Gasteiger partial charge in [-0.1, -0.05) is 66.7 Å². The highest BCUT2D eigenvalue weighted by molar-refractivity contribution is 6.07. The molecule has 0 unspecified atom stereocenters. The van der Waals surface area contributed by atoms with Crippen LogP contribution < -0.4 is 4.74 Å². The minimum atomic E-state index is -0.418. The quantitative estimate of drug-likeness (QED) is 0.280. The van der Waals surface area contributed by atoms with Crippen molar-refractivity contribution >= 4 is 17.8 Å². The van der Waals surface area contributed by atoms with Crippen molar-refractivity contribution in [2.75, 3.05) is 0 Å². The number of allylic oxidation sites excluding steroid dienone is 1. The predicted molar refractivity (Wildman–Crippen MR) is 102 cm³/mol. The van der Waals surface area contributed by atoms with Crippen LogP contribution >= 0.6 is 0 Å². The van der Waals surface area contributed by atoms with Crippen LogP contribution in [0, 0.1) is 6.92 Å². The molecule has 0 atom stereocenters. The van der Waals surface area contributed by atoms with Gasteiger partial charge in [-0.25, -0.2) is 4.79 Å². The smallest absolute Gasteiger partial charge is 0.343 e. The van der Waals surface area contributed by atoms with E-state index >= 15 is 0 Å². The number of benzene rings is 3. The van der Waals surface area contributed by atoms with E-state index in [0.29, 0.717) is 22.4 Å². The van der Waals surface area contributed by atoms with E-state index in [-0.39, 0.29) is 5.78 Å². The Balaban J connectivity index is 1.80. The molecule has 0 spiro atoms. The standard InChI is InChI=1S/C23H18O3/c1-17-9-5-7-13-20(17)23(25)26-22-14-8-6-12-19(22)15-16-21(24)18-10-3-2-4-11-18/h2-16H,1H3. The summed E-state index contributed by atoms with van der Waals surface area (Å²) in [6, 6.07) is 23.4. The van der Waals surface area contributed by atoms with E-state index in [0.717, 1.165) is 5.56 Å². The average Bonchev–Trinajstić information content (AvgIpc) is 2.68. The Kier molecular flexibility index (Phi) is 5.40. The summed E-state index contributed by atoms with van der Waals surface area (Å²) < 4.78 is 5.55. The van der Waals surface area contributed by atoms with Gasteiger partial charge in [0.05, 0.1) is 5.56 Å². The summed E-state index contributed by atoms with van der Waals surface area (Å²) in [5.41, 5.74) is 2.65. The summed E-state index contributed by atoms with van der Waals surface area (Å²) in [5.74, 6) is -0.109. The molecule has 3 aromatic carbocycles. The van der Waals surface area contributed by atoms with E-state index in [4.69, 9.17) is 4.74 Å². The van der Waals surface area contributed by atoms with Gasteiger partial charge < -0.3 is 4.74 Å². The molecule has 0 heterocycles. The van der Waals surface area contributed by atoms with E-state index in [1.54, 1.807) is 48.5 Å². The SMILES string of the molecule is Cc1ccccc1C(=O)Oc1ccccc1C=CC(=O)c1ccccc1. The first-order chi connectivity index (χ1) is 12.6. The maximum absolute atomic E-state index is 12.4. The first-order valence-corrected chi connectivity index (χ1v) is 8.29. The second-order valence-corrected chi connectivity index (χ2v) is 5.81. The summed E-state index contributed by atoms with van der Waals surface area (Å²) in [6.07, 6.45) is 3.14. The van der Waals surface area contributed by atoms with Gasteiger partial charge in [-0.05, 0) is 36.8 Å².